The van der Waals surface area contributed by atoms with Crippen LogP contribution in [0.1, 0.15) is 28.2 Å². The van der Waals surface area contributed by atoms with E-state index in [1.165, 1.54) is 0 Å². The Bertz CT molecular complexity index is 551. The molecule has 2 heterocycles. The Morgan fingerprint density at radius 3 is 2.56 bits per heavy atom. The molecule has 3 N–H and O–H groups in total. The van der Waals surface area contributed by atoms with Crippen LogP contribution >= 0.6 is 11.3 Å². The van der Waals surface area contributed by atoms with Gasteiger partial charge in [0.25, 0.3) is 5.91 Å². The number of aromatic nitrogens is 1. The van der Waals surface area contributed by atoms with Crippen LogP contribution < -0.4 is 11.1 Å². The Morgan fingerprint density at radius 1 is 1.44 bits per heavy atom. The van der Waals surface area contributed by atoms with Gasteiger partial charge in [-0.1, -0.05) is 11.3 Å². The number of carbonyl (C=O) groups excluding carboxylic acids is 1. The normalized spacial score (nSPS) is 19.6. The highest BCUT2D eigenvalue weighted by Crippen LogP contribution is 2.20. The Balaban J connectivity index is 1.99. The second kappa shape index (κ2) is 4.85. The molecule has 0 bridgehead atoms. The number of nitrogen functional groups attached to an aromatic ring is 1. The topological polar surface area (TPSA) is 102 Å². The average Bonchev–Trinajstić information content (AvgIpc) is 2.61. The van der Waals surface area contributed by atoms with Gasteiger partial charge in [-0.3, -0.25) is 4.79 Å². The summed E-state index contributed by atoms with van der Waals surface area (Å²) in [5, 5.41) is 3.20. The Labute approximate surface area is 110 Å². The lowest BCUT2D eigenvalue weighted by Gasteiger charge is -2.22. The summed E-state index contributed by atoms with van der Waals surface area (Å²) >= 11 is 1.15. The molecule has 0 unspecified atom stereocenters. The van der Waals surface area contributed by atoms with Gasteiger partial charge in [-0.05, 0) is 19.8 Å². The maximum Gasteiger partial charge on any atom is 0.263 e. The molecule has 8 heteroatoms. The van der Waals surface area contributed by atoms with Crippen molar-refractivity contribution in [2.24, 2.45) is 0 Å². The molecule has 0 spiro atoms. The van der Waals surface area contributed by atoms with Crippen molar-refractivity contribution in [3.8, 4) is 0 Å². The molecule has 18 heavy (non-hydrogen) atoms. The predicted octanol–water partition coefficient (Wildman–Crippen LogP) is 0.341. The summed E-state index contributed by atoms with van der Waals surface area (Å²) in [4.78, 5) is 16.5. The van der Waals surface area contributed by atoms with Gasteiger partial charge in [0.15, 0.2) is 5.13 Å². The third-order valence-corrected chi connectivity index (χ3v) is 5.61. The summed E-state index contributed by atoms with van der Waals surface area (Å²) in [6.07, 6.45) is 0.947. The van der Waals surface area contributed by atoms with E-state index in [4.69, 9.17) is 5.73 Å². The fourth-order valence-corrected chi connectivity index (χ4v) is 4.14. The van der Waals surface area contributed by atoms with Crippen LogP contribution in [0.25, 0.3) is 0 Å². The number of rotatable bonds is 2. The zero-order chi connectivity index (χ0) is 13.3. The maximum atomic E-state index is 12.0. The third-order valence-electron chi connectivity index (χ3n) is 2.91. The van der Waals surface area contributed by atoms with E-state index in [1.807, 2.05) is 0 Å². The van der Waals surface area contributed by atoms with Gasteiger partial charge in [-0.15, -0.1) is 0 Å². The van der Waals surface area contributed by atoms with E-state index in [-0.39, 0.29) is 23.5 Å². The van der Waals surface area contributed by atoms with Crippen molar-refractivity contribution in [3.05, 3.63) is 10.6 Å². The minimum Gasteiger partial charge on any atom is -0.375 e. The summed E-state index contributed by atoms with van der Waals surface area (Å²) < 4.78 is 22.5. The van der Waals surface area contributed by atoms with Crippen molar-refractivity contribution in [2.45, 2.75) is 25.8 Å². The molecule has 0 saturated carbocycles. The zero-order valence-electron chi connectivity index (χ0n) is 9.97. The first-order valence-corrected chi connectivity index (χ1v) is 8.25. The van der Waals surface area contributed by atoms with Crippen LogP contribution in [-0.2, 0) is 9.84 Å². The second-order valence-corrected chi connectivity index (χ2v) is 7.70. The quantitative estimate of drug-likeness (QED) is 0.817. The molecule has 1 fully saturated rings. The number of sulfone groups is 1. The number of hydrogen-bond donors (Lipinski definition) is 2. The van der Waals surface area contributed by atoms with Crippen LogP contribution in [0.2, 0.25) is 0 Å². The minimum atomic E-state index is -2.90. The summed E-state index contributed by atoms with van der Waals surface area (Å²) in [5.74, 6) is 0.0646. The first-order valence-electron chi connectivity index (χ1n) is 5.61. The zero-order valence-corrected chi connectivity index (χ0v) is 11.6. The monoisotopic (exact) mass is 289 g/mol. The molecular formula is C10H15N3O3S2. The van der Waals surface area contributed by atoms with E-state index in [1.54, 1.807) is 6.92 Å². The smallest absolute Gasteiger partial charge is 0.263 e. The fraction of sp³-hybridized carbons (Fsp3) is 0.600. The molecule has 6 nitrogen and oxygen atoms in total. The van der Waals surface area contributed by atoms with E-state index < -0.39 is 9.84 Å². The lowest BCUT2D eigenvalue weighted by Crippen LogP contribution is -2.40. The fourth-order valence-electron chi connectivity index (χ4n) is 1.91. The van der Waals surface area contributed by atoms with E-state index in [9.17, 15) is 13.2 Å². The Kier molecular flexibility index (Phi) is 3.58. The van der Waals surface area contributed by atoms with E-state index in [2.05, 4.69) is 10.3 Å². The van der Waals surface area contributed by atoms with Gasteiger partial charge in [0, 0.05) is 6.04 Å². The highest BCUT2D eigenvalue weighted by Gasteiger charge is 2.26. The third kappa shape index (κ3) is 2.99. The lowest BCUT2D eigenvalue weighted by molar-refractivity contribution is 0.0937. The Morgan fingerprint density at radius 2 is 2.06 bits per heavy atom. The van der Waals surface area contributed by atoms with Crippen molar-refractivity contribution >= 4 is 32.2 Å². The molecule has 1 aliphatic rings. The van der Waals surface area contributed by atoms with Gasteiger partial charge >= 0.3 is 0 Å². The molecule has 1 aromatic heterocycles. The van der Waals surface area contributed by atoms with Crippen LogP contribution in [0.5, 0.6) is 0 Å². The minimum absolute atomic E-state index is 0.0799. The van der Waals surface area contributed by atoms with Crippen molar-refractivity contribution in [1.82, 2.24) is 10.3 Å². The molecule has 2 rings (SSSR count). The predicted molar refractivity (Wildman–Crippen MR) is 70.4 cm³/mol. The number of nitrogens with two attached hydrogens (primary N) is 1. The number of thiazole rings is 1. The largest absolute Gasteiger partial charge is 0.375 e. The first kappa shape index (κ1) is 13.3. The van der Waals surface area contributed by atoms with Gasteiger partial charge < -0.3 is 11.1 Å². The molecule has 0 radical (unpaired) electrons. The number of aryl methyl sites for hydroxylation is 1. The van der Waals surface area contributed by atoms with E-state index in [0.29, 0.717) is 28.5 Å². The summed E-state index contributed by atoms with van der Waals surface area (Å²) in [5.41, 5.74) is 6.14. The van der Waals surface area contributed by atoms with Crippen molar-refractivity contribution in [3.63, 3.8) is 0 Å². The molecule has 0 atom stereocenters. The lowest BCUT2D eigenvalue weighted by atomic mass is 10.1. The number of hydrogen-bond acceptors (Lipinski definition) is 6. The SMILES string of the molecule is Cc1nc(N)sc1C(=O)NC1CCS(=O)(=O)CC1. The number of amides is 1. The average molecular weight is 289 g/mol. The molecule has 0 aromatic carbocycles. The molecule has 1 aromatic rings. The van der Waals surface area contributed by atoms with E-state index >= 15 is 0 Å². The van der Waals surface area contributed by atoms with Crippen LogP contribution in [0, 0.1) is 6.92 Å². The van der Waals surface area contributed by atoms with Crippen molar-refractivity contribution in [1.29, 1.82) is 0 Å². The Hall–Kier alpha value is -1.15. The number of anilines is 1. The maximum absolute atomic E-state index is 12.0. The molecule has 1 amide bonds. The van der Waals surface area contributed by atoms with Gasteiger partial charge in [0.05, 0.1) is 17.2 Å². The van der Waals surface area contributed by atoms with Crippen molar-refractivity contribution < 1.29 is 13.2 Å². The standard InChI is InChI=1S/C10H15N3O3S2/c1-6-8(17-10(11)12-6)9(14)13-7-2-4-18(15,16)5-3-7/h7H,2-5H2,1H3,(H2,11,12)(H,13,14). The second-order valence-electron chi connectivity index (χ2n) is 4.37. The molecule has 0 aliphatic carbocycles. The van der Waals surface area contributed by atoms with Crippen LogP contribution in [0.3, 0.4) is 0 Å². The number of nitrogens with zero attached hydrogens (tertiary/aromatic N) is 1. The first-order chi connectivity index (χ1) is 8.37. The van der Waals surface area contributed by atoms with Gasteiger partial charge in [-0.25, -0.2) is 13.4 Å². The number of nitrogens with one attached hydrogen (secondary N) is 1. The molecule has 100 valence electrons. The molecule has 1 aliphatic heterocycles. The molecule has 1 saturated heterocycles. The number of carbonyl (C=O) groups is 1. The van der Waals surface area contributed by atoms with Crippen LogP contribution in [0.15, 0.2) is 0 Å². The summed E-state index contributed by atoms with van der Waals surface area (Å²) in [7, 11) is -2.90. The summed E-state index contributed by atoms with van der Waals surface area (Å²) in [6.45, 7) is 1.73. The van der Waals surface area contributed by atoms with Crippen LogP contribution in [-0.4, -0.2) is 36.9 Å². The van der Waals surface area contributed by atoms with Crippen LogP contribution in [0.4, 0.5) is 5.13 Å². The summed E-state index contributed by atoms with van der Waals surface area (Å²) in [6, 6.07) is -0.0799. The van der Waals surface area contributed by atoms with Gasteiger partial charge in [-0.2, -0.15) is 0 Å². The molecular weight excluding hydrogens is 274 g/mol. The highest BCUT2D eigenvalue weighted by atomic mass is 32.2. The highest BCUT2D eigenvalue weighted by molar-refractivity contribution is 7.91. The van der Waals surface area contributed by atoms with E-state index in [0.717, 1.165) is 11.3 Å². The van der Waals surface area contributed by atoms with Crippen molar-refractivity contribution in [2.75, 3.05) is 17.2 Å². The van der Waals surface area contributed by atoms with Gasteiger partial charge in [0.1, 0.15) is 14.7 Å². The van der Waals surface area contributed by atoms with Gasteiger partial charge in [0.2, 0.25) is 0 Å².